The maximum absolute atomic E-state index is 9.43. The number of hydrogen-bond acceptors (Lipinski definition) is 2. The Morgan fingerprint density at radius 3 is 2.20 bits per heavy atom. The number of rotatable bonds is 0. The number of amides is 1. The van der Waals surface area contributed by atoms with Crippen molar-refractivity contribution in [2.45, 2.75) is 0 Å². The minimum Gasteiger partial charge on any atom is -0.361 e. The molecule has 4 heteroatoms. The third-order valence-electron chi connectivity index (χ3n) is 0.116. The van der Waals surface area contributed by atoms with Crippen molar-refractivity contribution < 1.29 is 4.79 Å². The maximum Gasteiger partial charge on any atom is 0.264 e. The molecule has 0 aromatic carbocycles. The lowest BCUT2D eigenvalue weighted by Crippen LogP contribution is -2.00. The summed E-state index contributed by atoms with van der Waals surface area (Å²) in [4.78, 5) is 9.43. The molecule has 5 heavy (non-hydrogen) atoms. The molecule has 0 aliphatic heterocycles. The summed E-state index contributed by atoms with van der Waals surface area (Å²) in [6.45, 7) is 0. The van der Waals surface area contributed by atoms with Gasteiger partial charge in [0.15, 0.2) is 7.12 Å². The van der Waals surface area contributed by atoms with Gasteiger partial charge in [-0.25, -0.2) is 0 Å². The number of primary amides is 1. The number of carbonyl (C=O) groups excluding carboxylic acids is 1. The Labute approximate surface area is 35.4 Å². The van der Waals surface area contributed by atoms with Crippen molar-refractivity contribution in [2.24, 2.45) is 5.73 Å². The van der Waals surface area contributed by atoms with E-state index in [4.69, 9.17) is 0 Å². The molecule has 2 nitrogen and oxygen atoms in total. The van der Waals surface area contributed by atoms with Gasteiger partial charge in [-0.05, 0) is 0 Å². The summed E-state index contributed by atoms with van der Waals surface area (Å²) in [7, 11) is 4.61. The summed E-state index contributed by atoms with van der Waals surface area (Å²) in [5, 5.41) is -0.551. The van der Waals surface area contributed by atoms with Gasteiger partial charge in [-0.15, -0.1) is 11.6 Å². The van der Waals surface area contributed by atoms with E-state index in [0.717, 1.165) is 0 Å². The second kappa shape index (κ2) is 2.14. The summed E-state index contributed by atoms with van der Waals surface area (Å²) in [5.41, 5.74) is 4.49. The lowest BCUT2D eigenvalue weighted by Gasteiger charge is -1.73. The van der Waals surface area contributed by atoms with Gasteiger partial charge in [0.2, 0.25) is 0 Å². The quantitative estimate of drug-likeness (QED) is 0.418. The van der Waals surface area contributed by atoms with Crippen molar-refractivity contribution >= 4 is 24.0 Å². The van der Waals surface area contributed by atoms with E-state index >= 15 is 0 Å². The van der Waals surface area contributed by atoms with Crippen molar-refractivity contribution in [2.75, 3.05) is 0 Å². The van der Waals surface area contributed by atoms with E-state index in [1.54, 1.807) is 0 Å². The fourth-order valence-electron chi connectivity index (χ4n) is 0. The molecule has 0 aromatic heterocycles. The van der Waals surface area contributed by atoms with Crippen molar-refractivity contribution in [3.63, 3.8) is 0 Å². The molecule has 0 aliphatic rings. The van der Waals surface area contributed by atoms with Crippen LogP contribution in [0.3, 0.4) is 0 Å². The second-order valence-corrected chi connectivity index (χ2v) is 1.07. The molecule has 2 N–H and O–H groups in total. The van der Waals surface area contributed by atoms with E-state index in [-0.39, 0.29) is 0 Å². The highest BCUT2D eigenvalue weighted by Gasteiger charge is 1.77. The molecular weight excluding hydrogens is 84.9 g/mol. The Hall–Kier alpha value is -0.115. The number of carbonyl (C=O) groups is 1. The topological polar surface area (TPSA) is 43.1 Å². The highest BCUT2D eigenvalue weighted by atomic mass is 32.2. The molecule has 0 saturated heterocycles. The van der Waals surface area contributed by atoms with Gasteiger partial charge in [0.25, 0.3) is 5.24 Å². The smallest absolute Gasteiger partial charge is 0.264 e. The van der Waals surface area contributed by atoms with Gasteiger partial charge >= 0.3 is 0 Å². The Morgan fingerprint density at radius 2 is 2.20 bits per heavy atom. The van der Waals surface area contributed by atoms with Crippen LogP contribution in [0.25, 0.3) is 0 Å². The Morgan fingerprint density at radius 1 is 2.00 bits per heavy atom. The fraction of sp³-hybridized carbons (Fsp3) is 0. The third kappa shape index (κ3) is 3.88. The fourth-order valence-corrected chi connectivity index (χ4v) is 0. The zero-order chi connectivity index (χ0) is 4.28. The molecule has 26 valence electrons. The van der Waals surface area contributed by atoms with Crippen molar-refractivity contribution in [1.29, 1.82) is 0 Å². The molecule has 0 aliphatic carbocycles. The Bertz CT molecular complexity index is 46.9. The van der Waals surface area contributed by atoms with E-state index in [0.29, 0.717) is 11.6 Å². The molecule has 0 rings (SSSR count). The lowest BCUT2D eigenvalue weighted by molar-refractivity contribution is 0.267. The van der Waals surface area contributed by atoms with Crippen LogP contribution in [0.1, 0.15) is 0 Å². The van der Waals surface area contributed by atoms with Gasteiger partial charge in [-0.2, -0.15) is 0 Å². The van der Waals surface area contributed by atoms with E-state index in [9.17, 15) is 4.79 Å². The zero-order valence-corrected chi connectivity index (χ0v) is 3.29. The van der Waals surface area contributed by atoms with E-state index in [2.05, 4.69) is 12.9 Å². The molecule has 0 fully saturated rings. The van der Waals surface area contributed by atoms with Crippen molar-refractivity contribution in [3.05, 3.63) is 0 Å². The first-order chi connectivity index (χ1) is 2.27. The first kappa shape index (κ1) is 4.88. The van der Waals surface area contributed by atoms with E-state index < -0.39 is 5.24 Å². The van der Waals surface area contributed by atoms with Gasteiger partial charge in [0.05, 0.1) is 0 Å². The van der Waals surface area contributed by atoms with E-state index in [1.165, 1.54) is 0 Å². The van der Waals surface area contributed by atoms with Crippen LogP contribution in [0.4, 0.5) is 4.79 Å². The van der Waals surface area contributed by atoms with Gasteiger partial charge in [0.1, 0.15) is 0 Å². The third-order valence-corrected chi connectivity index (χ3v) is 0.348. The highest BCUT2D eigenvalue weighted by Crippen LogP contribution is 1.83. The first-order valence-corrected chi connectivity index (χ1v) is 1.81. The molecule has 0 aromatic rings. The molecule has 0 unspecified atom stereocenters. The molecule has 2 radical (unpaired) electrons. The van der Waals surface area contributed by atoms with Crippen LogP contribution >= 0.6 is 11.6 Å². The van der Waals surface area contributed by atoms with Crippen LogP contribution in [0, 0.1) is 0 Å². The molecule has 1 amide bonds. The average molecular weight is 86.9 g/mol. The first-order valence-electron chi connectivity index (χ1n) is 0.933. The van der Waals surface area contributed by atoms with Gasteiger partial charge in [-0.1, -0.05) is 0 Å². The van der Waals surface area contributed by atoms with Crippen LogP contribution < -0.4 is 5.73 Å². The Balaban J connectivity index is 2.85. The SMILES string of the molecule is [B]SC(N)=O. The Kier molecular flexibility index (Phi) is 2.09. The minimum atomic E-state index is -0.551. The van der Waals surface area contributed by atoms with Crippen LogP contribution in [0.2, 0.25) is 0 Å². The van der Waals surface area contributed by atoms with Gasteiger partial charge in [-0.3, -0.25) is 4.79 Å². The van der Waals surface area contributed by atoms with E-state index in [1.807, 2.05) is 0 Å². The largest absolute Gasteiger partial charge is 0.361 e. The molecule has 0 saturated carbocycles. The summed E-state index contributed by atoms with van der Waals surface area (Å²) >= 11 is 0.519. The predicted molar refractivity (Wildman–Crippen MR) is 22.9 cm³/mol. The van der Waals surface area contributed by atoms with Crippen LogP contribution in [-0.4, -0.2) is 12.4 Å². The monoisotopic (exact) mass is 87.0 g/mol. The summed E-state index contributed by atoms with van der Waals surface area (Å²) in [6.07, 6.45) is 0. The maximum atomic E-state index is 9.43. The summed E-state index contributed by atoms with van der Waals surface area (Å²) in [5.74, 6) is 0. The second-order valence-electron chi connectivity index (χ2n) is 0.437. The van der Waals surface area contributed by atoms with Gasteiger partial charge < -0.3 is 5.73 Å². The number of hydrogen-bond donors (Lipinski definition) is 1. The van der Waals surface area contributed by atoms with Crippen molar-refractivity contribution in [3.8, 4) is 0 Å². The predicted octanol–water partition coefficient (Wildman–Crippen LogP) is -0.118. The molecule has 0 heterocycles. The zero-order valence-electron chi connectivity index (χ0n) is 2.47. The lowest BCUT2D eigenvalue weighted by atomic mass is 10.8. The average Bonchev–Trinajstić information content (AvgIpc) is 1.38. The molecule has 0 atom stereocenters. The summed E-state index contributed by atoms with van der Waals surface area (Å²) in [6, 6.07) is 0. The van der Waals surface area contributed by atoms with Crippen LogP contribution in [0.15, 0.2) is 0 Å². The normalized spacial score (nSPS) is 7.20. The molecular formula is CH2BNOS. The standard InChI is InChI=1S/CH2BNOS/c2-5-1(3)4/h(H2,3,4). The van der Waals surface area contributed by atoms with Crippen LogP contribution in [0.5, 0.6) is 0 Å². The minimum absolute atomic E-state index is 0.519. The van der Waals surface area contributed by atoms with Gasteiger partial charge in [0, 0.05) is 0 Å². The molecule has 0 spiro atoms. The number of nitrogens with two attached hydrogens (primary N) is 1. The van der Waals surface area contributed by atoms with Crippen LogP contribution in [-0.2, 0) is 0 Å². The highest BCUT2D eigenvalue weighted by molar-refractivity contribution is 8.31. The molecule has 0 bridgehead atoms. The summed E-state index contributed by atoms with van der Waals surface area (Å²) < 4.78 is 0. The van der Waals surface area contributed by atoms with Crippen molar-refractivity contribution in [1.82, 2.24) is 0 Å².